The lowest BCUT2D eigenvalue weighted by Crippen LogP contribution is -2.47. The first-order chi connectivity index (χ1) is 8.15. The van der Waals surface area contributed by atoms with E-state index in [0.29, 0.717) is 5.56 Å². The van der Waals surface area contributed by atoms with Gasteiger partial charge in [0.2, 0.25) is 5.91 Å². The molecule has 0 aliphatic heterocycles. The average molecular weight is 254 g/mol. The van der Waals surface area contributed by atoms with E-state index in [2.05, 4.69) is 5.32 Å². The molecule has 1 fully saturated rings. The van der Waals surface area contributed by atoms with E-state index in [1.807, 2.05) is 6.07 Å². The monoisotopic (exact) mass is 254 g/mol. The van der Waals surface area contributed by atoms with Crippen molar-refractivity contribution in [1.29, 1.82) is 0 Å². The fraction of sp³-hybridized carbons (Fsp3) is 0.583. The molecule has 3 N–H and O–H groups in total. The average Bonchev–Trinajstić information content (AvgIpc) is 2.71. The van der Waals surface area contributed by atoms with Gasteiger partial charge in [-0.3, -0.25) is 4.79 Å². The van der Waals surface area contributed by atoms with Crippen LogP contribution in [0.15, 0.2) is 11.4 Å². The van der Waals surface area contributed by atoms with Crippen LogP contribution in [0.1, 0.15) is 34.5 Å². The van der Waals surface area contributed by atoms with Gasteiger partial charge in [0.1, 0.15) is 0 Å². The van der Waals surface area contributed by atoms with E-state index in [1.54, 1.807) is 23.8 Å². The third-order valence-electron chi connectivity index (χ3n) is 3.38. The van der Waals surface area contributed by atoms with Gasteiger partial charge in [0, 0.05) is 30.5 Å². The fourth-order valence-electron chi connectivity index (χ4n) is 2.04. The van der Waals surface area contributed by atoms with Crippen molar-refractivity contribution in [2.24, 2.45) is 5.73 Å². The predicted molar refractivity (Wildman–Crippen MR) is 68.1 cm³/mol. The Hall–Kier alpha value is -0.910. The van der Waals surface area contributed by atoms with Gasteiger partial charge in [0.25, 0.3) is 0 Å². The number of carbonyl (C=O) groups is 1. The molecule has 94 valence electrons. The Morgan fingerprint density at radius 1 is 1.65 bits per heavy atom. The highest BCUT2D eigenvalue weighted by molar-refractivity contribution is 7.10. The van der Waals surface area contributed by atoms with E-state index in [9.17, 15) is 4.79 Å². The van der Waals surface area contributed by atoms with Gasteiger partial charge in [-0.05, 0) is 25.3 Å². The Balaban J connectivity index is 1.79. The Bertz CT molecular complexity index is 393. The van der Waals surface area contributed by atoms with Crippen LogP contribution in [-0.2, 0) is 11.3 Å². The Kier molecular flexibility index (Phi) is 3.81. The standard InChI is InChI=1S/C12H18N2O2S/c1-16-12(3-2-4-12)8-14-6-10-5-9(7-17-10)11(13)15/h5,7,14H,2-4,6,8H2,1H3,(H2,13,15). The summed E-state index contributed by atoms with van der Waals surface area (Å²) in [4.78, 5) is 12.1. The number of hydrogen-bond donors (Lipinski definition) is 2. The van der Waals surface area contributed by atoms with Crippen LogP contribution in [0, 0.1) is 0 Å². The van der Waals surface area contributed by atoms with Crippen LogP contribution in [-0.4, -0.2) is 25.2 Å². The van der Waals surface area contributed by atoms with Crippen LogP contribution in [0.4, 0.5) is 0 Å². The highest BCUT2D eigenvalue weighted by Crippen LogP contribution is 2.34. The van der Waals surface area contributed by atoms with Crippen molar-refractivity contribution in [2.45, 2.75) is 31.4 Å². The zero-order chi connectivity index (χ0) is 12.3. The molecule has 4 nitrogen and oxygen atoms in total. The summed E-state index contributed by atoms with van der Waals surface area (Å²) in [6.45, 7) is 1.64. The van der Waals surface area contributed by atoms with E-state index < -0.39 is 0 Å². The molecule has 1 aliphatic rings. The van der Waals surface area contributed by atoms with Crippen molar-refractivity contribution in [2.75, 3.05) is 13.7 Å². The Morgan fingerprint density at radius 2 is 2.41 bits per heavy atom. The Morgan fingerprint density at radius 3 is 2.88 bits per heavy atom. The van der Waals surface area contributed by atoms with E-state index in [4.69, 9.17) is 10.5 Å². The van der Waals surface area contributed by atoms with Crippen molar-refractivity contribution < 1.29 is 9.53 Å². The van der Waals surface area contributed by atoms with Crippen LogP contribution < -0.4 is 11.1 Å². The molecule has 5 heteroatoms. The molecular formula is C12H18N2O2S. The molecule has 1 aliphatic carbocycles. The van der Waals surface area contributed by atoms with E-state index in [0.717, 1.165) is 30.8 Å². The molecule has 1 aromatic rings. The molecule has 0 spiro atoms. The second kappa shape index (κ2) is 5.16. The smallest absolute Gasteiger partial charge is 0.249 e. The molecule has 0 unspecified atom stereocenters. The molecular weight excluding hydrogens is 236 g/mol. The highest BCUT2D eigenvalue weighted by atomic mass is 32.1. The van der Waals surface area contributed by atoms with Crippen molar-refractivity contribution in [3.8, 4) is 0 Å². The van der Waals surface area contributed by atoms with Crippen molar-refractivity contribution >= 4 is 17.2 Å². The molecule has 1 saturated carbocycles. The third kappa shape index (κ3) is 2.86. The molecule has 0 radical (unpaired) electrons. The lowest BCUT2D eigenvalue weighted by molar-refractivity contribution is -0.0695. The molecule has 2 rings (SSSR count). The van der Waals surface area contributed by atoms with Crippen molar-refractivity contribution in [1.82, 2.24) is 5.32 Å². The summed E-state index contributed by atoms with van der Waals surface area (Å²) < 4.78 is 5.52. The van der Waals surface area contributed by atoms with Gasteiger partial charge >= 0.3 is 0 Å². The minimum absolute atomic E-state index is 0.0454. The summed E-state index contributed by atoms with van der Waals surface area (Å²) in [5.41, 5.74) is 5.84. The van der Waals surface area contributed by atoms with Crippen molar-refractivity contribution in [3.63, 3.8) is 0 Å². The zero-order valence-corrected chi connectivity index (χ0v) is 10.8. The molecule has 17 heavy (non-hydrogen) atoms. The van der Waals surface area contributed by atoms with Gasteiger partial charge in [0.15, 0.2) is 0 Å². The van der Waals surface area contributed by atoms with Gasteiger partial charge in [-0.15, -0.1) is 11.3 Å². The van der Waals surface area contributed by atoms with Gasteiger partial charge < -0.3 is 15.8 Å². The summed E-state index contributed by atoms with van der Waals surface area (Å²) in [5, 5.41) is 5.18. The molecule has 1 amide bonds. The van der Waals surface area contributed by atoms with E-state index >= 15 is 0 Å². The minimum Gasteiger partial charge on any atom is -0.377 e. The number of thiophene rings is 1. The van der Waals surface area contributed by atoms with Crippen LogP contribution in [0.3, 0.4) is 0 Å². The normalized spacial score (nSPS) is 17.7. The lowest BCUT2D eigenvalue weighted by atomic mass is 9.80. The maximum Gasteiger partial charge on any atom is 0.249 e. The first-order valence-electron chi connectivity index (χ1n) is 5.78. The second-order valence-corrected chi connectivity index (χ2v) is 5.51. The largest absolute Gasteiger partial charge is 0.377 e. The number of ether oxygens (including phenoxy) is 1. The number of carbonyl (C=O) groups excluding carboxylic acids is 1. The second-order valence-electron chi connectivity index (χ2n) is 4.51. The van der Waals surface area contributed by atoms with E-state index in [1.165, 1.54) is 6.42 Å². The number of nitrogens with one attached hydrogen (secondary N) is 1. The summed E-state index contributed by atoms with van der Waals surface area (Å²) in [6, 6.07) is 1.85. The highest BCUT2D eigenvalue weighted by Gasteiger charge is 2.36. The van der Waals surface area contributed by atoms with Crippen LogP contribution in [0.2, 0.25) is 0 Å². The SMILES string of the molecule is COC1(CNCc2cc(C(N)=O)cs2)CCC1. The predicted octanol–water partition coefficient (Wildman–Crippen LogP) is 1.51. The van der Waals surface area contributed by atoms with Crippen LogP contribution >= 0.6 is 11.3 Å². The van der Waals surface area contributed by atoms with Gasteiger partial charge in [-0.1, -0.05) is 0 Å². The number of rotatable bonds is 6. The van der Waals surface area contributed by atoms with Crippen LogP contribution in [0.5, 0.6) is 0 Å². The van der Waals surface area contributed by atoms with E-state index in [-0.39, 0.29) is 11.5 Å². The number of primary amides is 1. The van der Waals surface area contributed by atoms with Crippen molar-refractivity contribution in [3.05, 3.63) is 21.9 Å². The quantitative estimate of drug-likeness (QED) is 0.808. The molecule has 0 atom stereocenters. The summed E-state index contributed by atoms with van der Waals surface area (Å²) >= 11 is 1.56. The Labute approximate surface area is 105 Å². The molecule has 0 aromatic carbocycles. The fourth-order valence-corrected chi connectivity index (χ4v) is 2.88. The summed E-state index contributed by atoms with van der Waals surface area (Å²) in [7, 11) is 1.77. The number of hydrogen-bond acceptors (Lipinski definition) is 4. The third-order valence-corrected chi connectivity index (χ3v) is 4.32. The molecule has 1 aromatic heterocycles. The summed E-state index contributed by atoms with van der Waals surface area (Å²) in [5.74, 6) is -0.361. The molecule has 1 heterocycles. The number of methoxy groups -OCH3 is 1. The molecule has 0 bridgehead atoms. The topological polar surface area (TPSA) is 64.3 Å². The van der Waals surface area contributed by atoms with Gasteiger partial charge in [-0.2, -0.15) is 0 Å². The zero-order valence-electron chi connectivity index (χ0n) is 9.99. The number of nitrogens with two attached hydrogens (primary N) is 1. The maximum absolute atomic E-state index is 10.9. The molecule has 0 saturated heterocycles. The van der Waals surface area contributed by atoms with Crippen LogP contribution in [0.25, 0.3) is 0 Å². The first kappa shape index (κ1) is 12.5. The lowest BCUT2D eigenvalue weighted by Gasteiger charge is -2.40. The number of amides is 1. The summed E-state index contributed by atoms with van der Waals surface area (Å²) in [6.07, 6.45) is 3.52. The van der Waals surface area contributed by atoms with Gasteiger partial charge in [-0.25, -0.2) is 0 Å². The minimum atomic E-state index is -0.361. The first-order valence-corrected chi connectivity index (χ1v) is 6.66. The van der Waals surface area contributed by atoms with Gasteiger partial charge in [0.05, 0.1) is 11.2 Å². The maximum atomic E-state index is 10.9.